The lowest BCUT2D eigenvalue weighted by Crippen LogP contribution is -2.34. The molecule has 0 bridgehead atoms. The summed E-state index contributed by atoms with van der Waals surface area (Å²) in [5.41, 5.74) is 0.920. The highest BCUT2D eigenvalue weighted by Gasteiger charge is 2.12. The van der Waals surface area contributed by atoms with E-state index in [2.05, 4.69) is 26.2 Å². The molecule has 1 amide bonds. The van der Waals surface area contributed by atoms with Gasteiger partial charge in [0.15, 0.2) is 0 Å². The molecule has 1 aromatic heterocycles. The van der Waals surface area contributed by atoms with Crippen LogP contribution in [-0.2, 0) is 16.0 Å². The zero-order valence-corrected chi connectivity index (χ0v) is 13.8. The first-order chi connectivity index (χ1) is 9.94. The van der Waals surface area contributed by atoms with Crippen molar-refractivity contribution in [2.75, 3.05) is 0 Å². The van der Waals surface area contributed by atoms with Gasteiger partial charge < -0.3 is 10.4 Å². The predicted octanol–water partition coefficient (Wildman–Crippen LogP) is 2.97. The van der Waals surface area contributed by atoms with Crippen LogP contribution >= 0.6 is 27.3 Å². The van der Waals surface area contributed by atoms with Crippen molar-refractivity contribution in [3.8, 4) is 0 Å². The molecule has 0 saturated carbocycles. The Morgan fingerprint density at radius 3 is 2.95 bits per heavy atom. The van der Waals surface area contributed by atoms with Crippen molar-refractivity contribution in [3.63, 3.8) is 0 Å². The van der Waals surface area contributed by atoms with Crippen molar-refractivity contribution >= 4 is 49.4 Å². The van der Waals surface area contributed by atoms with Crippen LogP contribution in [-0.4, -0.2) is 28.0 Å². The van der Waals surface area contributed by atoms with Crippen LogP contribution in [0.3, 0.4) is 0 Å². The number of fused-ring (bicyclic) bond motifs is 1. The lowest BCUT2D eigenvalue weighted by Gasteiger charge is -2.10. The number of rotatable bonds is 6. The van der Waals surface area contributed by atoms with E-state index >= 15 is 0 Å². The molecule has 21 heavy (non-hydrogen) atoms. The summed E-state index contributed by atoms with van der Waals surface area (Å²) < 4.78 is 2.07. The van der Waals surface area contributed by atoms with Gasteiger partial charge in [-0.2, -0.15) is 0 Å². The van der Waals surface area contributed by atoms with Crippen LogP contribution in [0.2, 0.25) is 0 Å². The quantitative estimate of drug-likeness (QED) is 0.818. The van der Waals surface area contributed by atoms with E-state index in [1.165, 1.54) is 0 Å². The van der Waals surface area contributed by atoms with E-state index in [0.29, 0.717) is 12.8 Å². The normalized spacial score (nSPS) is 12.3. The summed E-state index contributed by atoms with van der Waals surface area (Å²) >= 11 is 4.97. The van der Waals surface area contributed by atoms with Gasteiger partial charge in [-0.3, -0.25) is 9.59 Å². The highest BCUT2D eigenvalue weighted by molar-refractivity contribution is 9.10. The second kappa shape index (κ2) is 7.00. The fourth-order valence-electron chi connectivity index (χ4n) is 1.94. The van der Waals surface area contributed by atoms with E-state index in [-0.39, 0.29) is 18.4 Å². The molecule has 2 N–H and O–H groups in total. The van der Waals surface area contributed by atoms with Gasteiger partial charge in [-0.15, -0.1) is 11.3 Å². The van der Waals surface area contributed by atoms with Crippen LogP contribution in [0.5, 0.6) is 0 Å². The summed E-state index contributed by atoms with van der Waals surface area (Å²) in [5, 5.41) is 12.2. The highest BCUT2D eigenvalue weighted by Crippen LogP contribution is 2.25. The van der Waals surface area contributed by atoms with Crippen molar-refractivity contribution < 1.29 is 14.7 Å². The molecule has 7 heteroatoms. The molecule has 2 aromatic rings. The number of thiazole rings is 1. The van der Waals surface area contributed by atoms with Crippen LogP contribution in [0.25, 0.3) is 10.2 Å². The summed E-state index contributed by atoms with van der Waals surface area (Å²) in [6, 6.07) is 5.55. The van der Waals surface area contributed by atoms with Crippen molar-refractivity contribution in [2.24, 2.45) is 0 Å². The number of benzene rings is 1. The molecule has 0 spiro atoms. The zero-order chi connectivity index (χ0) is 15.4. The topological polar surface area (TPSA) is 79.3 Å². The van der Waals surface area contributed by atoms with Crippen molar-refractivity contribution in [1.82, 2.24) is 10.3 Å². The molecule has 0 saturated heterocycles. The summed E-state index contributed by atoms with van der Waals surface area (Å²) in [6.45, 7) is 1.68. The van der Waals surface area contributed by atoms with Crippen LogP contribution in [0.4, 0.5) is 0 Å². The number of hydrogen-bond acceptors (Lipinski definition) is 4. The van der Waals surface area contributed by atoms with E-state index in [1.807, 2.05) is 18.2 Å². The number of aromatic nitrogens is 1. The molecule has 1 unspecified atom stereocenters. The summed E-state index contributed by atoms with van der Waals surface area (Å²) in [5.74, 6) is -1.07. The van der Waals surface area contributed by atoms with Crippen molar-refractivity contribution in [3.05, 3.63) is 27.7 Å². The maximum atomic E-state index is 11.7. The van der Waals surface area contributed by atoms with Gasteiger partial charge in [0.25, 0.3) is 0 Å². The van der Waals surface area contributed by atoms with E-state index in [9.17, 15) is 9.59 Å². The van der Waals surface area contributed by atoms with Crippen LogP contribution in [0.15, 0.2) is 22.7 Å². The average molecular weight is 371 g/mol. The second-order valence-corrected chi connectivity index (χ2v) is 6.82. The highest BCUT2D eigenvalue weighted by atomic mass is 79.9. The van der Waals surface area contributed by atoms with Gasteiger partial charge >= 0.3 is 5.97 Å². The number of carbonyl (C=O) groups excluding carboxylic acids is 1. The number of aliphatic carboxylic acids is 1. The number of hydrogen-bond donors (Lipinski definition) is 2. The predicted molar refractivity (Wildman–Crippen MR) is 85.5 cm³/mol. The number of carbonyl (C=O) groups is 2. The number of carboxylic acids is 1. The third kappa shape index (κ3) is 4.78. The minimum absolute atomic E-state index is 0.0685. The molecule has 1 aromatic carbocycles. The Kier molecular flexibility index (Phi) is 5.30. The number of halogens is 1. The Balaban J connectivity index is 1.89. The molecular weight excluding hydrogens is 356 g/mol. The van der Waals surface area contributed by atoms with Gasteiger partial charge in [0, 0.05) is 23.4 Å². The standard InChI is InChI=1S/C14H15BrN2O3S/c1-8(6-14(19)20)16-12(18)4-5-13-17-10-7-9(15)2-3-11(10)21-13/h2-3,7-8H,4-6H2,1H3,(H,16,18)(H,19,20). The number of aryl methyl sites for hydroxylation is 1. The van der Waals surface area contributed by atoms with Gasteiger partial charge in [0.2, 0.25) is 5.91 Å². The summed E-state index contributed by atoms with van der Waals surface area (Å²) in [7, 11) is 0. The molecule has 0 aliphatic carbocycles. The number of amides is 1. The van der Waals surface area contributed by atoms with Crippen LogP contribution < -0.4 is 5.32 Å². The maximum absolute atomic E-state index is 11.7. The molecule has 2 rings (SSSR count). The first kappa shape index (κ1) is 15.9. The van der Waals surface area contributed by atoms with Gasteiger partial charge in [0.1, 0.15) is 0 Å². The molecule has 112 valence electrons. The smallest absolute Gasteiger partial charge is 0.305 e. The Hall–Kier alpha value is -1.47. The van der Waals surface area contributed by atoms with E-state index in [1.54, 1.807) is 18.3 Å². The summed E-state index contributed by atoms with van der Waals surface area (Å²) in [4.78, 5) is 26.8. The average Bonchev–Trinajstić information content (AvgIpc) is 2.77. The van der Waals surface area contributed by atoms with Crippen molar-refractivity contribution in [2.45, 2.75) is 32.2 Å². The number of nitrogens with zero attached hydrogens (tertiary/aromatic N) is 1. The van der Waals surface area contributed by atoms with Gasteiger partial charge in [-0.1, -0.05) is 15.9 Å². The van der Waals surface area contributed by atoms with E-state index < -0.39 is 5.97 Å². The summed E-state index contributed by atoms with van der Waals surface area (Å²) in [6.07, 6.45) is 0.800. The van der Waals surface area contributed by atoms with E-state index in [4.69, 9.17) is 5.11 Å². The largest absolute Gasteiger partial charge is 0.481 e. The lowest BCUT2D eigenvalue weighted by molar-refractivity contribution is -0.137. The minimum Gasteiger partial charge on any atom is -0.481 e. The fourth-order valence-corrected chi connectivity index (χ4v) is 3.23. The monoisotopic (exact) mass is 370 g/mol. The molecule has 0 radical (unpaired) electrons. The Bertz CT molecular complexity index is 671. The third-order valence-corrected chi connectivity index (χ3v) is 4.44. The van der Waals surface area contributed by atoms with Crippen LogP contribution in [0, 0.1) is 0 Å². The minimum atomic E-state index is -0.917. The van der Waals surface area contributed by atoms with Gasteiger partial charge in [-0.05, 0) is 25.1 Å². The van der Waals surface area contributed by atoms with Crippen LogP contribution in [0.1, 0.15) is 24.8 Å². The van der Waals surface area contributed by atoms with Gasteiger partial charge in [0.05, 0.1) is 21.6 Å². The fraction of sp³-hybridized carbons (Fsp3) is 0.357. The molecule has 0 aliphatic rings. The van der Waals surface area contributed by atoms with E-state index in [0.717, 1.165) is 19.7 Å². The Morgan fingerprint density at radius 1 is 1.48 bits per heavy atom. The number of nitrogens with one attached hydrogen (secondary N) is 1. The molecule has 1 atom stereocenters. The molecular formula is C14H15BrN2O3S. The molecule has 0 aliphatic heterocycles. The molecule has 1 heterocycles. The molecule has 5 nitrogen and oxygen atoms in total. The SMILES string of the molecule is CC(CC(=O)O)NC(=O)CCc1nc2cc(Br)ccc2s1. The first-order valence-electron chi connectivity index (χ1n) is 6.50. The Morgan fingerprint density at radius 2 is 2.24 bits per heavy atom. The maximum Gasteiger partial charge on any atom is 0.305 e. The molecule has 0 fully saturated rings. The Labute approximate surface area is 134 Å². The second-order valence-electron chi connectivity index (χ2n) is 4.79. The van der Waals surface area contributed by atoms with Gasteiger partial charge in [-0.25, -0.2) is 4.98 Å². The third-order valence-electron chi connectivity index (χ3n) is 2.85. The lowest BCUT2D eigenvalue weighted by atomic mass is 10.2. The zero-order valence-electron chi connectivity index (χ0n) is 11.4. The first-order valence-corrected chi connectivity index (χ1v) is 8.11. The number of carboxylic acid groups (broad SMARTS) is 1. The van der Waals surface area contributed by atoms with Crippen molar-refractivity contribution in [1.29, 1.82) is 0 Å².